The summed E-state index contributed by atoms with van der Waals surface area (Å²) < 4.78 is 5.29. The number of rotatable bonds is 4. The SMILES string of the molecule is CCCc1nc(C2CCOC2)ncc1C(=O)O. The van der Waals surface area contributed by atoms with Crippen molar-refractivity contribution in [1.29, 1.82) is 0 Å². The van der Waals surface area contributed by atoms with E-state index in [1.807, 2.05) is 6.92 Å². The van der Waals surface area contributed by atoms with Crippen molar-refractivity contribution in [3.63, 3.8) is 0 Å². The summed E-state index contributed by atoms with van der Waals surface area (Å²) in [4.78, 5) is 19.6. The molecule has 1 unspecified atom stereocenters. The first kappa shape index (κ1) is 12.0. The van der Waals surface area contributed by atoms with Crippen molar-refractivity contribution in [2.24, 2.45) is 0 Å². The molecule has 1 aromatic heterocycles. The van der Waals surface area contributed by atoms with Crippen LogP contribution >= 0.6 is 0 Å². The molecule has 1 saturated heterocycles. The van der Waals surface area contributed by atoms with Crippen LogP contribution < -0.4 is 0 Å². The molecule has 92 valence electrons. The zero-order valence-corrected chi connectivity index (χ0v) is 9.85. The highest BCUT2D eigenvalue weighted by Crippen LogP contribution is 2.23. The Kier molecular flexibility index (Phi) is 3.68. The highest BCUT2D eigenvalue weighted by Gasteiger charge is 2.22. The number of aromatic nitrogens is 2. The van der Waals surface area contributed by atoms with Gasteiger partial charge in [-0.15, -0.1) is 0 Å². The van der Waals surface area contributed by atoms with Gasteiger partial charge in [0.2, 0.25) is 0 Å². The number of ether oxygens (including phenoxy) is 1. The summed E-state index contributed by atoms with van der Waals surface area (Å²) in [7, 11) is 0. The topological polar surface area (TPSA) is 72.3 Å². The quantitative estimate of drug-likeness (QED) is 0.860. The van der Waals surface area contributed by atoms with Crippen molar-refractivity contribution in [3.05, 3.63) is 23.3 Å². The number of hydrogen-bond donors (Lipinski definition) is 1. The second kappa shape index (κ2) is 5.23. The van der Waals surface area contributed by atoms with Gasteiger partial charge in [0.15, 0.2) is 0 Å². The number of hydrogen-bond acceptors (Lipinski definition) is 4. The van der Waals surface area contributed by atoms with Crippen molar-refractivity contribution < 1.29 is 14.6 Å². The molecule has 0 bridgehead atoms. The van der Waals surface area contributed by atoms with Crippen LogP contribution in [0.5, 0.6) is 0 Å². The minimum absolute atomic E-state index is 0.216. The monoisotopic (exact) mass is 236 g/mol. The van der Waals surface area contributed by atoms with Crippen LogP contribution in [-0.2, 0) is 11.2 Å². The molecule has 5 heteroatoms. The lowest BCUT2D eigenvalue weighted by molar-refractivity contribution is 0.0694. The van der Waals surface area contributed by atoms with Crippen molar-refractivity contribution in [3.8, 4) is 0 Å². The Bertz CT molecular complexity index is 414. The zero-order chi connectivity index (χ0) is 12.3. The van der Waals surface area contributed by atoms with Crippen molar-refractivity contribution >= 4 is 5.97 Å². The average Bonchev–Trinajstić information content (AvgIpc) is 2.82. The largest absolute Gasteiger partial charge is 0.478 e. The highest BCUT2D eigenvalue weighted by atomic mass is 16.5. The Morgan fingerprint density at radius 3 is 3.06 bits per heavy atom. The summed E-state index contributed by atoms with van der Waals surface area (Å²) in [5.74, 6) is -0.0212. The molecule has 1 aromatic rings. The minimum atomic E-state index is -0.956. The van der Waals surface area contributed by atoms with E-state index in [4.69, 9.17) is 9.84 Å². The lowest BCUT2D eigenvalue weighted by Crippen LogP contribution is -2.12. The smallest absolute Gasteiger partial charge is 0.339 e. The predicted octanol–water partition coefficient (Wildman–Crippen LogP) is 1.63. The average molecular weight is 236 g/mol. The Balaban J connectivity index is 2.30. The first-order valence-electron chi connectivity index (χ1n) is 5.89. The molecule has 5 nitrogen and oxygen atoms in total. The van der Waals surface area contributed by atoms with Gasteiger partial charge in [0, 0.05) is 18.7 Å². The summed E-state index contributed by atoms with van der Waals surface area (Å²) in [5.41, 5.74) is 0.853. The fraction of sp³-hybridized carbons (Fsp3) is 0.583. The van der Waals surface area contributed by atoms with E-state index in [9.17, 15) is 4.79 Å². The van der Waals surface area contributed by atoms with E-state index in [0.717, 1.165) is 25.3 Å². The van der Waals surface area contributed by atoms with E-state index in [1.165, 1.54) is 6.20 Å². The number of carboxylic acids is 1. The molecule has 0 aliphatic carbocycles. The number of aromatic carboxylic acids is 1. The van der Waals surface area contributed by atoms with E-state index in [2.05, 4.69) is 9.97 Å². The maximum atomic E-state index is 11.0. The van der Waals surface area contributed by atoms with Gasteiger partial charge in [-0.25, -0.2) is 14.8 Å². The van der Waals surface area contributed by atoms with Gasteiger partial charge >= 0.3 is 5.97 Å². The van der Waals surface area contributed by atoms with Gasteiger partial charge in [0.1, 0.15) is 5.82 Å². The molecule has 0 aromatic carbocycles. The number of carbonyl (C=O) groups is 1. The molecule has 0 radical (unpaired) electrons. The van der Waals surface area contributed by atoms with Crippen LogP contribution in [0.2, 0.25) is 0 Å². The van der Waals surface area contributed by atoms with E-state index in [-0.39, 0.29) is 11.5 Å². The van der Waals surface area contributed by atoms with Crippen LogP contribution in [-0.4, -0.2) is 34.3 Å². The Morgan fingerprint density at radius 1 is 1.65 bits per heavy atom. The van der Waals surface area contributed by atoms with E-state index < -0.39 is 5.97 Å². The zero-order valence-electron chi connectivity index (χ0n) is 9.85. The first-order chi connectivity index (χ1) is 8.22. The van der Waals surface area contributed by atoms with Crippen LogP contribution in [0.1, 0.15) is 47.6 Å². The van der Waals surface area contributed by atoms with Crippen LogP contribution in [0.15, 0.2) is 6.20 Å². The molecule has 1 fully saturated rings. The summed E-state index contributed by atoms with van der Waals surface area (Å²) in [6.45, 7) is 3.38. The Labute approximate surface area is 99.9 Å². The summed E-state index contributed by atoms with van der Waals surface area (Å²) >= 11 is 0. The van der Waals surface area contributed by atoms with Gasteiger partial charge in [0.05, 0.1) is 17.9 Å². The van der Waals surface area contributed by atoms with Gasteiger partial charge < -0.3 is 9.84 Å². The first-order valence-corrected chi connectivity index (χ1v) is 5.89. The second-order valence-corrected chi connectivity index (χ2v) is 4.20. The van der Waals surface area contributed by atoms with Crippen LogP contribution in [0.4, 0.5) is 0 Å². The minimum Gasteiger partial charge on any atom is -0.478 e. The predicted molar refractivity (Wildman–Crippen MR) is 61.2 cm³/mol. The third-order valence-electron chi connectivity index (χ3n) is 2.90. The summed E-state index contributed by atoms with van der Waals surface area (Å²) in [6.07, 6.45) is 3.88. The Morgan fingerprint density at radius 2 is 2.47 bits per heavy atom. The van der Waals surface area contributed by atoms with E-state index in [1.54, 1.807) is 0 Å². The second-order valence-electron chi connectivity index (χ2n) is 4.20. The lowest BCUT2D eigenvalue weighted by Gasteiger charge is -2.09. The molecular formula is C12H16N2O3. The van der Waals surface area contributed by atoms with Crippen molar-refractivity contribution in [1.82, 2.24) is 9.97 Å². The molecule has 1 aliphatic rings. The van der Waals surface area contributed by atoms with Crippen LogP contribution in [0.3, 0.4) is 0 Å². The van der Waals surface area contributed by atoms with Gasteiger partial charge in [0.25, 0.3) is 0 Å². The maximum Gasteiger partial charge on any atom is 0.339 e. The van der Waals surface area contributed by atoms with Crippen molar-refractivity contribution in [2.45, 2.75) is 32.1 Å². The Hall–Kier alpha value is -1.49. The third-order valence-corrected chi connectivity index (χ3v) is 2.90. The van der Waals surface area contributed by atoms with Gasteiger partial charge in [-0.05, 0) is 12.8 Å². The molecule has 1 N–H and O–H groups in total. The molecule has 1 atom stereocenters. The van der Waals surface area contributed by atoms with E-state index in [0.29, 0.717) is 18.7 Å². The third kappa shape index (κ3) is 2.61. The molecular weight excluding hydrogens is 220 g/mol. The number of nitrogens with zero attached hydrogens (tertiary/aromatic N) is 2. The fourth-order valence-corrected chi connectivity index (χ4v) is 1.97. The molecule has 0 spiro atoms. The molecule has 2 heterocycles. The summed E-state index contributed by atoms with van der Waals surface area (Å²) in [5, 5.41) is 9.04. The van der Waals surface area contributed by atoms with E-state index >= 15 is 0 Å². The normalized spacial score (nSPS) is 19.5. The van der Waals surface area contributed by atoms with Gasteiger partial charge in [-0.3, -0.25) is 0 Å². The number of carboxylic acid groups (broad SMARTS) is 1. The lowest BCUT2D eigenvalue weighted by atomic mass is 10.1. The highest BCUT2D eigenvalue weighted by molar-refractivity contribution is 5.88. The van der Waals surface area contributed by atoms with Gasteiger partial charge in [-0.1, -0.05) is 13.3 Å². The van der Waals surface area contributed by atoms with Crippen molar-refractivity contribution in [2.75, 3.05) is 13.2 Å². The molecule has 0 amide bonds. The standard InChI is InChI=1S/C12H16N2O3/c1-2-3-10-9(12(15)16)6-13-11(14-10)8-4-5-17-7-8/h6,8H,2-5,7H2,1H3,(H,15,16). The molecule has 2 rings (SSSR count). The van der Waals surface area contributed by atoms with Crippen LogP contribution in [0, 0.1) is 0 Å². The maximum absolute atomic E-state index is 11.0. The fourth-order valence-electron chi connectivity index (χ4n) is 1.97. The molecule has 1 aliphatic heterocycles. The summed E-state index contributed by atoms with van der Waals surface area (Å²) in [6, 6.07) is 0. The molecule has 17 heavy (non-hydrogen) atoms. The van der Waals surface area contributed by atoms with Gasteiger partial charge in [-0.2, -0.15) is 0 Å². The number of aryl methyl sites for hydroxylation is 1. The van der Waals surface area contributed by atoms with Crippen LogP contribution in [0.25, 0.3) is 0 Å². The molecule has 0 saturated carbocycles.